The van der Waals surface area contributed by atoms with Crippen molar-refractivity contribution in [1.29, 1.82) is 0 Å². The Morgan fingerprint density at radius 2 is 1.70 bits per heavy atom. The molecule has 1 aromatic heterocycles. The number of pyridine rings is 1. The smallest absolute Gasteiger partial charge is 0.0315 e. The highest BCUT2D eigenvalue weighted by Gasteiger charge is 2.13. The van der Waals surface area contributed by atoms with Crippen molar-refractivity contribution in [2.45, 2.75) is 84.2 Å². The van der Waals surface area contributed by atoms with Gasteiger partial charge in [-0.1, -0.05) is 58.4 Å². The molecule has 0 saturated heterocycles. The van der Waals surface area contributed by atoms with Gasteiger partial charge in [0.15, 0.2) is 0 Å². The van der Waals surface area contributed by atoms with Gasteiger partial charge in [-0.25, -0.2) is 0 Å². The first-order valence-electron chi connectivity index (χ1n) is 8.43. The molecule has 0 radical (unpaired) electrons. The molecule has 2 heteroatoms. The zero-order valence-electron chi connectivity index (χ0n) is 13.6. The largest absolute Gasteiger partial charge is 0.307 e. The normalized spacial score (nSPS) is 12.8. The van der Waals surface area contributed by atoms with Gasteiger partial charge in [0.2, 0.25) is 0 Å². The highest BCUT2D eigenvalue weighted by atomic mass is 14.9. The van der Waals surface area contributed by atoms with Crippen molar-refractivity contribution < 1.29 is 0 Å². The molecule has 1 atom stereocenters. The fourth-order valence-corrected chi connectivity index (χ4v) is 2.67. The molecule has 1 N–H and O–H groups in total. The van der Waals surface area contributed by atoms with Gasteiger partial charge in [0.05, 0.1) is 0 Å². The van der Waals surface area contributed by atoms with E-state index in [0.717, 1.165) is 0 Å². The first kappa shape index (κ1) is 17.2. The average Bonchev–Trinajstić information content (AvgIpc) is 2.48. The van der Waals surface area contributed by atoms with Crippen LogP contribution in [0.2, 0.25) is 0 Å². The molecule has 0 unspecified atom stereocenters. The van der Waals surface area contributed by atoms with Crippen LogP contribution >= 0.6 is 0 Å². The zero-order valence-corrected chi connectivity index (χ0v) is 13.6. The van der Waals surface area contributed by atoms with E-state index < -0.39 is 0 Å². The van der Waals surface area contributed by atoms with E-state index in [-0.39, 0.29) is 0 Å². The Bertz CT molecular complexity index is 313. The van der Waals surface area contributed by atoms with Gasteiger partial charge in [-0.05, 0) is 31.4 Å². The summed E-state index contributed by atoms with van der Waals surface area (Å²) in [5.74, 6) is 0. The molecule has 0 aliphatic rings. The van der Waals surface area contributed by atoms with Gasteiger partial charge in [-0.15, -0.1) is 0 Å². The molecule has 1 rings (SSSR count). The number of rotatable bonds is 11. The molecule has 114 valence electrons. The van der Waals surface area contributed by atoms with Crippen LogP contribution < -0.4 is 5.32 Å². The number of aromatic nitrogens is 1. The van der Waals surface area contributed by atoms with Gasteiger partial charge in [0.1, 0.15) is 0 Å². The molecular formula is C18H32N2. The topological polar surface area (TPSA) is 24.9 Å². The summed E-state index contributed by atoms with van der Waals surface area (Å²) in [4.78, 5) is 4.22. The molecule has 1 heterocycles. The van der Waals surface area contributed by atoms with Crippen LogP contribution in [0.3, 0.4) is 0 Å². The lowest BCUT2D eigenvalue weighted by atomic mass is 10.00. The lowest BCUT2D eigenvalue weighted by Gasteiger charge is -2.23. The summed E-state index contributed by atoms with van der Waals surface area (Å²) in [5, 5.41) is 3.81. The van der Waals surface area contributed by atoms with Crippen LogP contribution in [0.15, 0.2) is 24.5 Å². The number of hydrogen-bond donors (Lipinski definition) is 1. The Hall–Kier alpha value is -0.890. The van der Waals surface area contributed by atoms with Crippen molar-refractivity contribution in [2.75, 3.05) is 0 Å². The van der Waals surface area contributed by atoms with Crippen molar-refractivity contribution in [3.8, 4) is 0 Å². The van der Waals surface area contributed by atoms with Gasteiger partial charge in [-0.2, -0.15) is 0 Å². The maximum absolute atomic E-state index is 4.22. The second kappa shape index (κ2) is 10.8. The first-order valence-corrected chi connectivity index (χ1v) is 8.43. The van der Waals surface area contributed by atoms with E-state index in [1.165, 1.54) is 56.9 Å². The summed E-state index contributed by atoms with van der Waals surface area (Å²) in [7, 11) is 0. The summed E-state index contributed by atoms with van der Waals surface area (Å²) in [6.45, 7) is 6.80. The molecular weight excluding hydrogens is 244 g/mol. The summed E-state index contributed by atoms with van der Waals surface area (Å²) < 4.78 is 0. The highest BCUT2D eigenvalue weighted by Crippen LogP contribution is 2.17. The third-order valence-electron chi connectivity index (χ3n) is 3.98. The molecule has 0 aliphatic heterocycles. The second-order valence-corrected chi connectivity index (χ2v) is 5.86. The van der Waals surface area contributed by atoms with Crippen LogP contribution in [-0.2, 0) is 0 Å². The Labute approximate surface area is 125 Å². The average molecular weight is 276 g/mol. The summed E-state index contributed by atoms with van der Waals surface area (Å²) >= 11 is 0. The third kappa shape index (κ3) is 7.04. The zero-order chi connectivity index (χ0) is 14.6. The molecule has 2 nitrogen and oxygen atoms in total. The quantitative estimate of drug-likeness (QED) is 0.557. The standard InChI is InChI=1S/C18H32N2/c1-4-6-8-12-18(13-9-7-5-2)20-16(3)17-11-10-14-19-15-17/h10-11,14-16,18,20H,4-9,12-13H2,1-3H3/t16-/m0/s1. The summed E-state index contributed by atoms with van der Waals surface area (Å²) in [6.07, 6.45) is 14.5. The maximum atomic E-state index is 4.22. The SMILES string of the molecule is CCCCCC(CCCCC)N[C@@H](C)c1cccnc1. The Balaban J connectivity index is 2.44. The third-order valence-corrected chi connectivity index (χ3v) is 3.98. The predicted molar refractivity (Wildman–Crippen MR) is 87.9 cm³/mol. The Morgan fingerprint density at radius 3 is 2.20 bits per heavy atom. The maximum Gasteiger partial charge on any atom is 0.0315 e. The molecule has 0 aromatic carbocycles. The number of nitrogens with zero attached hydrogens (tertiary/aromatic N) is 1. The summed E-state index contributed by atoms with van der Waals surface area (Å²) in [5.41, 5.74) is 1.29. The van der Waals surface area contributed by atoms with Crippen LogP contribution in [0.5, 0.6) is 0 Å². The van der Waals surface area contributed by atoms with Gasteiger partial charge < -0.3 is 5.32 Å². The van der Waals surface area contributed by atoms with Gasteiger partial charge in [-0.3, -0.25) is 4.98 Å². The molecule has 0 spiro atoms. The van der Waals surface area contributed by atoms with E-state index in [1.807, 2.05) is 18.5 Å². The number of unbranched alkanes of at least 4 members (excludes halogenated alkanes) is 4. The van der Waals surface area contributed by atoms with Crippen LogP contribution in [0.4, 0.5) is 0 Å². The molecule has 20 heavy (non-hydrogen) atoms. The number of hydrogen-bond acceptors (Lipinski definition) is 2. The lowest BCUT2D eigenvalue weighted by Crippen LogP contribution is -2.31. The van der Waals surface area contributed by atoms with Crippen LogP contribution in [0.1, 0.15) is 83.7 Å². The Morgan fingerprint density at radius 1 is 1.05 bits per heavy atom. The first-order chi connectivity index (χ1) is 9.77. The Kier molecular flexibility index (Phi) is 9.31. The van der Waals surface area contributed by atoms with E-state index in [2.05, 4.69) is 37.1 Å². The van der Waals surface area contributed by atoms with Crippen LogP contribution in [-0.4, -0.2) is 11.0 Å². The van der Waals surface area contributed by atoms with Gasteiger partial charge >= 0.3 is 0 Å². The highest BCUT2D eigenvalue weighted by molar-refractivity contribution is 5.12. The summed E-state index contributed by atoms with van der Waals surface area (Å²) in [6, 6.07) is 5.25. The van der Waals surface area contributed by atoms with E-state index in [9.17, 15) is 0 Å². The fourth-order valence-electron chi connectivity index (χ4n) is 2.67. The minimum Gasteiger partial charge on any atom is -0.307 e. The van der Waals surface area contributed by atoms with E-state index in [1.54, 1.807) is 0 Å². The van der Waals surface area contributed by atoms with Crippen molar-refractivity contribution in [3.05, 3.63) is 30.1 Å². The molecule has 0 aliphatic carbocycles. The second-order valence-electron chi connectivity index (χ2n) is 5.86. The van der Waals surface area contributed by atoms with Crippen molar-refractivity contribution >= 4 is 0 Å². The van der Waals surface area contributed by atoms with Crippen LogP contribution in [0, 0.1) is 0 Å². The molecule has 0 saturated carbocycles. The van der Waals surface area contributed by atoms with E-state index in [4.69, 9.17) is 0 Å². The van der Waals surface area contributed by atoms with E-state index >= 15 is 0 Å². The number of nitrogens with one attached hydrogen (secondary N) is 1. The molecule has 1 aromatic rings. The minimum atomic E-state index is 0.400. The van der Waals surface area contributed by atoms with Crippen molar-refractivity contribution in [3.63, 3.8) is 0 Å². The van der Waals surface area contributed by atoms with E-state index in [0.29, 0.717) is 12.1 Å². The minimum absolute atomic E-state index is 0.400. The fraction of sp³-hybridized carbons (Fsp3) is 0.722. The predicted octanol–water partition coefficient (Wildman–Crippen LogP) is 5.26. The van der Waals surface area contributed by atoms with Gasteiger partial charge in [0, 0.05) is 24.5 Å². The molecule has 0 amide bonds. The van der Waals surface area contributed by atoms with Crippen molar-refractivity contribution in [2.24, 2.45) is 0 Å². The van der Waals surface area contributed by atoms with Crippen molar-refractivity contribution in [1.82, 2.24) is 10.3 Å². The van der Waals surface area contributed by atoms with Crippen LogP contribution in [0.25, 0.3) is 0 Å². The monoisotopic (exact) mass is 276 g/mol. The molecule has 0 bridgehead atoms. The molecule has 0 fully saturated rings. The lowest BCUT2D eigenvalue weighted by molar-refractivity contribution is 0.384. The van der Waals surface area contributed by atoms with Gasteiger partial charge in [0.25, 0.3) is 0 Å².